The van der Waals surface area contributed by atoms with Gasteiger partial charge in [0, 0.05) is 4.88 Å². The van der Waals surface area contributed by atoms with E-state index in [2.05, 4.69) is 10.3 Å². The third-order valence-corrected chi connectivity index (χ3v) is 4.33. The molecule has 1 amide bonds. The maximum Gasteiger partial charge on any atom is 0.237 e. The lowest BCUT2D eigenvalue weighted by atomic mass is 10.0. The monoisotopic (exact) mass is 341 g/mol. The van der Waals surface area contributed by atoms with Crippen LogP contribution in [-0.4, -0.2) is 16.9 Å². The third-order valence-electron chi connectivity index (χ3n) is 2.94. The highest BCUT2D eigenvalue weighted by Gasteiger charge is 2.28. The maximum absolute atomic E-state index is 12.0. The van der Waals surface area contributed by atoms with Crippen molar-refractivity contribution in [2.45, 2.75) is 59.0 Å². The van der Waals surface area contributed by atoms with Crippen LogP contribution in [0.15, 0.2) is 0 Å². The second-order valence-electron chi connectivity index (χ2n) is 5.17. The minimum absolute atomic E-state index is 0. The summed E-state index contributed by atoms with van der Waals surface area (Å²) in [6.07, 6.45) is 1.61. The number of aryl methyl sites for hydroxylation is 2. The van der Waals surface area contributed by atoms with E-state index in [1.165, 1.54) is 4.88 Å². The number of nitrogens with two attached hydrogens (primary N) is 1. The van der Waals surface area contributed by atoms with Crippen LogP contribution >= 0.6 is 36.2 Å². The molecule has 0 spiro atoms. The first-order valence-electron chi connectivity index (χ1n) is 6.30. The second kappa shape index (κ2) is 8.82. The number of nitrogens with one attached hydrogen (secondary N) is 1. The van der Waals surface area contributed by atoms with E-state index in [-0.39, 0.29) is 30.7 Å². The van der Waals surface area contributed by atoms with Crippen molar-refractivity contribution < 1.29 is 4.79 Å². The van der Waals surface area contributed by atoms with Crippen LogP contribution in [0.25, 0.3) is 0 Å². The zero-order valence-electron chi connectivity index (χ0n) is 12.6. The lowest BCUT2D eigenvalue weighted by molar-refractivity contribution is -0.124. The van der Waals surface area contributed by atoms with E-state index in [9.17, 15) is 4.79 Å². The molecule has 0 aromatic carbocycles. The van der Waals surface area contributed by atoms with Crippen molar-refractivity contribution in [2.75, 3.05) is 0 Å². The molecule has 3 N–H and O–H groups in total. The summed E-state index contributed by atoms with van der Waals surface area (Å²) in [5.41, 5.74) is 6.38. The molecule has 1 rings (SSSR count). The van der Waals surface area contributed by atoms with Crippen molar-refractivity contribution in [3.8, 4) is 0 Å². The summed E-state index contributed by atoms with van der Waals surface area (Å²) in [4.78, 5) is 17.6. The molecule has 0 bridgehead atoms. The number of halogens is 2. The predicted octanol–water partition coefficient (Wildman–Crippen LogP) is 3.08. The van der Waals surface area contributed by atoms with Crippen molar-refractivity contribution in [2.24, 2.45) is 5.73 Å². The number of amides is 1. The van der Waals surface area contributed by atoms with Crippen LogP contribution < -0.4 is 11.1 Å². The van der Waals surface area contributed by atoms with Crippen molar-refractivity contribution >= 4 is 42.1 Å². The Morgan fingerprint density at radius 3 is 2.35 bits per heavy atom. The molecule has 1 atom stereocenters. The Hall–Kier alpha value is -0.360. The summed E-state index contributed by atoms with van der Waals surface area (Å²) in [6, 6.07) is -0.434. The predicted molar refractivity (Wildman–Crippen MR) is 90.1 cm³/mol. The van der Waals surface area contributed by atoms with Crippen molar-refractivity contribution in [3.63, 3.8) is 0 Å². The average Bonchev–Trinajstić information content (AvgIpc) is 2.60. The van der Waals surface area contributed by atoms with Gasteiger partial charge >= 0.3 is 0 Å². The van der Waals surface area contributed by atoms with Crippen molar-refractivity contribution in [1.29, 1.82) is 0 Å². The van der Waals surface area contributed by atoms with Gasteiger partial charge in [-0.3, -0.25) is 4.79 Å². The molecular weight excluding hydrogens is 317 g/mol. The molecule has 118 valence electrons. The Labute approximate surface area is 137 Å². The van der Waals surface area contributed by atoms with Gasteiger partial charge in [0.2, 0.25) is 5.91 Å². The molecule has 1 unspecified atom stereocenters. The molecule has 7 heteroatoms. The molecule has 0 aliphatic carbocycles. The number of hydrogen-bond acceptors (Lipinski definition) is 4. The second-order valence-corrected chi connectivity index (χ2v) is 6.37. The molecule has 0 saturated heterocycles. The van der Waals surface area contributed by atoms with Crippen LogP contribution in [0, 0.1) is 13.8 Å². The average molecular weight is 342 g/mol. The number of thiazole rings is 1. The maximum atomic E-state index is 12.0. The molecule has 0 fully saturated rings. The first-order chi connectivity index (χ1) is 8.27. The smallest absolute Gasteiger partial charge is 0.237 e. The van der Waals surface area contributed by atoms with Gasteiger partial charge < -0.3 is 11.1 Å². The molecule has 20 heavy (non-hydrogen) atoms. The van der Waals surface area contributed by atoms with Crippen LogP contribution in [0.3, 0.4) is 0 Å². The van der Waals surface area contributed by atoms with Crippen molar-refractivity contribution in [3.05, 3.63) is 15.6 Å². The fourth-order valence-electron chi connectivity index (χ4n) is 1.64. The summed E-state index contributed by atoms with van der Waals surface area (Å²) in [5.74, 6) is -0.104. The fraction of sp³-hybridized carbons (Fsp3) is 0.692. The quantitative estimate of drug-likeness (QED) is 0.864. The van der Waals surface area contributed by atoms with E-state index in [1.54, 1.807) is 11.3 Å². The number of aromatic nitrogens is 1. The van der Waals surface area contributed by atoms with Crippen LogP contribution in [0.5, 0.6) is 0 Å². The van der Waals surface area contributed by atoms with E-state index >= 15 is 0 Å². The van der Waals surface area contributed by atoms with Gasteiger partial charge in [-0.25, -0.2) is 4.98 Å². The van der Waals surface area contributed by atoms with E-state index in [1.807, 2.05) is 34.6 Å². The highest BCUT2D eigenvalue weighted by molar-refractivity contribution is 7.11. The largest absolute Gasteiger partial charge is 0.343 e. The highest BCUT2D eigenvalue weighted by atomic mass is 35.5. The minimum Gasteiger partial charge on any atom is -0.343 e. The Balaban J connectivity index is 0. The van der Waals surface area contributed by atoms with E-state index in [4.69, 9.17) is 5.73 Å². The van der Waals surface area contributed by atoms with Gasteiger partial charge in [-0.2, -0.15) is 0 Å². The summed E-state index contributed by atoms with van der Waals surface area (Å²) < 4.78 is 0. The topological polar surface area (TPSA) is 68.0 Å². The molecule has 0 aliphatic heterocycles. The van der Waals surface area contributed by atoms with Crippen LogP contribution in [0.2, 0.25) is 0 Å². The molecule has 4 nitrogen and oxygen atoms in total. The van der Waals surface area contributed by atoms with Crippen LogP contribution in [0.4, 0.5) is 0 Å². The van der Waals surface area contributed by atoms with E-state index < -0.39 is 11.6 Å². The lowest BCUT2D eigenvalue weighted by Gasteiger charge is -2.25. The Kier molecular flexibility index (Phi) is 9.67. The highest BCUT2D eigenvalue weighted by Crippen LogP contribution is 2.27. The lowest BCUT2D eigenvalue weighted by Crippen LogP contribution is -2.48. The third kappa shape index (κ3) is 5.56. The first-order valence-corrected chi connectivity index (χ1v) is 7.11. The Morgan fingerprint density at radius 1 is 1.40 bits per heavy atom. The normalized spacial score (nSPS) is 12.1. The van der Waals surface area contributed by atoms with Gasteiger partial charge in [0.1, 0.15) is 5.01 Å². The molecule has 1 heterocycles. The van der Waals surface area contributed by atoms with Gasteiger partial charge in [-0.05, 0) is 34.1 Å². The molecule has 0 radical (unpaired) electrons. The Bertz CT molecular complexity index is 416. The van der Waals surface area contributed by atoms with Gasteiger partial charge in [0.15, 0.2) is 0 Å². The van der Waals surface area contributed by atoms with Crippen LogP contribution in [-0.2, 0) is 10.3 Å². The molecular formula is C13H25Cl2N3OS. The first kappa shape index (κ1) is 21.9. The van der Waals surface area contributed by atoms with E-state index in [0.29, 0.717) is 6.42 Å². The fourth-order valence-corrected chi connectivity index (χ4v) is 2.61. The van der Waals surface area contributed by atoms with Gasteiger partial charge in [-0.1, -0.05) is 13.3 Å². The van der Waals surface area contributed by atoms with E-state index in [0.717, 1.165) is 17.1 Å². The summed E-state index contributed by atoms with van der Waals surface area (Å²) in [6.45, 7) is 9.96. The summed E-state index contributed by atoms with van der Waals surface area (Å²) in [7, 11) is 0. The standard InChI is InChI=1S/C13H23N3OS.2ClH/c1-6-7-10(14)11(17)16-13(4,5)12-15-8(2)9(3)18-12;;/h10H,6-7,14H2,1-5H3,(H,16,17);2*1H. The number of rotatable bonds is 5. The zero-order chi connectivity index (χ0) is 13.9. The molecule has 1 aromatic heterocycles. The SMILES string of the molecule is CCCC(N)C(=O)NC(C)(C)c1nc(C)c(C)s1.Cl.Cl. The number of hydrogen-bond donors (Lipinski definition) is 2. The van der Waals surface area contributed by atoms with Gasteiger partial charge in [0.25, 0.3) is 0 Å². The van der Waals surface area contributed by atoms with Crippen molar-refractivity contribution in [1.82, 2.24) is 10.3 Å². The van der Waals surface area contributed by atoms with Gasteiger partial charge in [-0.15, -0.1) is 36.2 Å². The molecule has 1 aromatic rings. The summed E-state index contributed by atoms with van der Waals surface area (Å²) >= 11 is 1.62. The zero-order valence-corrected chi connectivity index (χ0v) is 15.1. The molecule has 0 aliphatic rings. The van der Waals surface area contributed by atoms with Gasteiger partial charge in [0.05, 0.1) is 17.3 Å². The molecule has 0 saturated carbocycles. The Morgan fingerprint density at radius 2 is 1.95 bits per heavy atom. The van der Waals surface area contributed by atoms with Crippen LogP contribution in [0.1, 0.15) is 49.2 Å². The minimum atomic E-state index is -0.466. The summed E-state index contributed by atoms with van der Waals surface area (Å²) in [5, 5.41) is 3.91. The number of carbonyl (C=O) groups is 1. The number of carbonyl (C=O) groups excluding carboxylic acids is 1. The number of nitrogens with zero attached hydrogens (tertiary/aromatic N) is 1.